The van der Waals surface area contributed by atoms with E-state index in [-0.39, 0.29) is 41.4 Å². The molecule has 0 aliphatic carbocycles. The Morgan fingerprint density at radius 1 is 0.836 bits per heavy atom. The quantitative estimate of drug-likeness (QED) is 0.0968. The fourth-order valence-corrected chi connectivity index (χ4v) is 7.71. The number of nitriles is 1. The molecule has 0 radical (unpaired) electrons. The number of halogens is 3. The number of carbonyl (C=O) groups is 5. The number of thiocarbonyl (C=S) groups is 1. The van der Waals surface area contributed by atoms with Crippen LogP contribution in [0.4, 0.5) is 30.2 Å². The lowest BCUT2D eigenvalue weighted by molar-refractivity contribution is -0.141. The highest BCUT2D eigenvalue weighted by atomic mass is 32.1. The first-order valence-corrected chi connectivity index (χ1v) is 19.8. The van der Waals surface area contributed by atoms with E-state index in [0.717, 1.165) is 21.9 Å². The van der Waals surface area contributed by atoms with Crippen molar-refractivity contribution < 1.29 is 56.1 Å². The van der Waals surface area contributed by atoms with Crippen LogP contribution in [0.3, 0.4) is 0 Å². The zero-order valence-corrected chi connectivity index (χ0v) is 34.4. The van der Waals surface area contributed by atoms with Gasteiger partial charge in [0.15, 0.2) is 5.11 Å². The van der Waals surface area contributed by atoms with Gasteiger partial charge in [-0.1, -0.05) is 6.07 Å². The van der Waals surface area contributed by atoms with Crippen LogP contribution in [0.25, 0.3) is 0 Å². The minimum absolute atomic E-state index is 0.00686. The van der Waals surface area contributed by atoms with Gasteiger partial charge in [0.05, 0.1) is 73.7 Å². The lowest BCUT2D eigenvalue weighted by Crippen LogP contribution is -2.62. The molecule has 2 saturated heterocycles. The number of rotatable bonds is 18. The maximum Gasteiger partial charge on any atom is 0.417 e. The highest BCUT2D eigenvalue weighted by Gasteiger charge is 2.53. The maximum absolute atomic E-state index is 13.7. The lowest BCUT2D eigenvalue weighted by Gasteiger charge is -2.38. The first-order valence-electron chi connectivity index (χ1n) is 19.4. The molecule has 0 bridgehead atoms. The van der Waals surface area contributed by atoms with E-state index in [9.17, 15) is 37.1 Å². The van der Waals surface area contributed by atoms with Gasteiger partial charge in [-0.15, -0.1) is 0 Å². The molecule has 2 fully saturated rings. The predicted molar refractivity (Wildman–Crippen MR) is 218 cm³/mol. The van der Waals surface area contributed by atoms with Crippen molar-refractivity contribution in [2.75, 3.05) is 67.9 Å². The van der Waals surface area contributed by atoms with Crippen LogP contribution in [0, 0.1) is 11.3 Å². The molecule has 6 rings (SSSR count). The third-order valence-electron chi connectivity index (χ3n) is 10.4. The van der Waals surface area contributed by atoms with Gasteiger partial charge in [0, 0.05) is 37.4 Å². The largest absolute Gasteiger partial charge is 0.494 e. The minimum atomic E-state index is -4.80. The summed E-state index contributed by atoms with van der Waals surface area (Å²) in [5.74, 6) is -2.29. The van der Waals surface area contributed by atoms with Crippen LogP contribution in [0.15, 0.2) is 60.7 Å². The molecule has 1 unspecified atom stereocenters. The van der Waals surface area contributed by atoms with E-state index in [4.69, 9.17) is 36.4 Å². The van der Waals surface area contributed by atoms with Crippen LogP contribution in [-0.4, -0.2) is 103 Å². The minimum Gasteiger partial charge on any atom is -0.494 e. The molecule has 3 aromatic rings. The van der Waals surface area contributed by atoms with Crippen LogP contribution >= 0.6 is 12.2 Å². The Hall–Kier alpha value is -5.94. The van der Waals surface area contributed by atoms with Crippen molar-refractivity contribution in [1.82, 2.24) is 10.2 Å². The van der Waals surface area contributed by atoms with Crippen LogP contribution in [0.5, 0.6) is 5.75 Å². The molecule has 15 nitrogen and oxygen atoms in total. The Morgan fingerprint density at radius 2 is 1.49 bits per heavy atom. The Labute approximate surface area is 354 Å². The molecule has 5 amide bonds. The summed E-state index contributed by atoms with van der Waals surface area (Å²) in [4.78, 5) is 68.0. The van der Waals surface area contributed by atoms with Gasteiger partial charge >= 0.3 is 6.18 Å². The summed E-state index contributed by atoms with van der Waals surface area (Å²) >= 11 is 5.60. The summed E-state index contributed by atoms with van der Waals surface area (Å²) in [5.41, 5.74) is -3.17. The molecular weight excluding hydrogens is 822 g/mol. The summed E-state index contributed by atoms with van der Waals surface area (Å²) in [7, 11) is 0. The van der Waals surface area contributed by atoms with Crippen molar-refractivity contribution in [3.63, 3.8) is 0 Å². The highest BCUT2D eigenvalue weighted by molar-refractivity contribution is 7.81. The summed E-state index contributed by atoms with van der Waals surface area (Å²) in [5, 5.41) is 14.5. The SMILES string of the molecule is CC1(C)C(=O)N(c2ccc(C#N)c(C(F)(F)F)c2)C(=S)N1c1ccc(OCCCOCCOCCOCCNc2cccc3c2C(=O)N(C2(C)CCC(=O)NC2=O)C3=O)cc1. The van der Waals surface area contributed by atoms with Gasteiger partial charge in [0.25, 0.3) is 23.6 Å². The second kappa shape index (κ2) is 18.4. The molecule has 0 saturated carbocycles. The number of amides is 5. The number of ether oxygens (including phenoxy) is 4. The summed E-state index contributed by atoms with van der Waals surface area (Å²) in [6.07, 6.45) is -4.15. The normalized spacial score (nSPS) is 18.7. The number of nitrogens with zero attached hydrogens (tertiary/aromatic N) is 4. The van der Waals surface area contributed by atoms with E-state index in [1.807, 2.05) is 0 Å². The lowest BCUT2D eigenvalue weighted by atomic mass is 9.89. The van der Waals surface area contributed by atoms with E-state index < -0.39 is 57.9 Å². The average Bonchev–Trinajstić information content (AvgIpc) is 3.59. The number of nitrogens with one attached hydrogen (secondary N) is 2. The van der Waals surface area contributed by atoms with E-state index in [2.05, 4.69) is 10.6 Å². The van der Waals surface area contributed by atoms with Crippen molar-refractivity contribution in [3.05, 3.63) is 82.9 Å². The van der Waals surface area contributed by atoms with E-state index >= 15 is 0 Å². The molecule has 19 heteroatoms. The number of hydrogen-bond donors (Lipinski definition) is 2. The smallest absolute Gasteiger partial charge is 0.417 e. The summed E-state index contributed by atoms with van der Waals surface area (Å²) in [6.45, 7) is 7.48. The third-order valence-corrected chi connectivity index (χ3v) is 10.8. The van der Waals surface area contributed by atoms with Gasteiger partial charge in [0.1, 0.15) is 16.8 Å². The molecule has 3 aromatic carbocycles. The van der Waals surface area contributed by atoms with Crippen LogP contribution < -0.4 is 25.2 Å². The van der Waals surface area contributed by atoms with Crippen LogP contribution in [0.1, 0.15) is 71.9 Å². The standard InChI is InChI=1S/C42H43F3N6O9S/c1-40(2)38(56)49(28-9-8-26(25-46)31(24-28)42(43,44)45)39(61)50(40)27-10-12-29(13-11-27)60-18-5-17-57-20-22-59-23-21-58-19-16-47-32-7-4-6-30-34(32)36(54)51(35(30)53)41(3)15-14-33(52)48-37(41)55/h4,6-13,24,47H,5,14-23H2,1-3H3,(H,48,52,55). The number of piperidine rings is 1. The molecule has 3 aliphatic heterocycles. The molecular formula is C42H43F3N6O9S. The third kappa shape index (κ3) is 9.22. The number of imide groups is 2. The Bertz CT molecular complexity index is 2270. The molecule has 0 aromatic heterocycles. The van der Waals surface area contributed by atoms with Gasteiger partial charge in [0.2, 0.25) is 5.91 Å². The van der Waals surface area contributed by atoms with E-state index in [1.54, 1.807) is 55.1 Å². The summed E-state index contributed by atoms with van der Waals surface area (Å²) < 4.78 is 63.6. The predicted octanol–water partition coefficient (Wildman–Crippen LogP) is 5.22. The Kier molecular flexibility index (Phi) is 13.4. The monoisotopic (exact) mass is 864 g/mol. The summed E-state index contributed by atoms with van der Waals surface area (Å²) in [6, 6.07) is 16.2. The first-order chi connectivity index (χ1) is 29.0. The average molecular weight is 865 g/mol. The van der Waals surface area contributed by atoms with Crippen molar-refractivity contribution in [2.24, 2.45) is 0 Å². The number of benzene rings is 3. The highest BCUT2D eigenvalue weighted by Crippen LogP contribution is 2.40. The second-order valence-corrected chi connectivity index (χ2v) is 15.3. The van der Waals surface area contributed by atoms with Gasteiger partial charge in [-0.25, -0.2) is 0 Å². The van der Waals surface area contributed by atoms with E-state index in [0.29, 0.717) is 69.7 Å². The molecule has 322 valence electrons. The van der Waals surface area contributed by atoms with Crippen molar-refractivity contribution in [1.29, 1.82) is 5.26 Å². The number of alkyl halides is 3. The topological polar surface area (TPSA) is 180 Å². The fraction of sp³-hybridized carbons (Fsp3) is 0.405. The fourth-order valence-electron chi connectivity index (χ4n) is 7.19. The molecule has 2 N–H and O–H groups in total. The van der Waals surface area contributed by atoms with Crippen molar-refractivity contribution >= 4 is 63.9 Å². The van der Waals surface area contributed by atoms with E-state index in [1.165, 1.54) is 25.1 Å². The van der Waals surface area contributed by atoms with Gasteiger partial charge in [-0.05, 0) is 94.0 Å². The number of anilines is 3. The number of fused-ring (bicyclic) bond motifs is 1. The van der Waals surface area contributed by atoms with Gasteiger partial charge in [-0.2, -0.15) is 18.4 Å². The molecule has 61 heavy (non-hydrogen) atoms. The number of carbonyl (C=O) groups excluding carboxylic acids is 5. The Balaban J connectivity index is 0.846. The van der Waals surface area contributed by atoms with Crippen LogP contribution in [0.2, 0.25) is 0 Å². The molecule has 3 aliphatic rings. The van der Waals surface area contributed by atoms with Gasteiger partial charge < -0.3 is 29.2 Å². The molecule has 1 atom stereocenters. The van der Waals surface area contributed by atoms with Crippen molar-refractivity contribution in [3.8, 4) is 11.8 Å². The maximum atomic E-state index is 13.7. The first kappa shape index (κ1) is 44.6. The number of hydrogen-bond acceptors (Lipinski definition) is 12. The molecule has 0 spiro atoms. The van der Waals surface area contributed by atoms with Crippen molar-refractivity contribution in [2.45, 2.75) is 57.3 Å². The Morgan fingerprint density at radius 3 is 2.15 bits per heavy atom. The zero-order valence-electron chi connectivity index (χ0n) is 33.6. The van der Waals surface area contributed by atoms with Gasteiger partial charge in [-0.3, -0.25) is 39.1 Å². The zero-order chi connectivity index (χ0) is 44.1. The second-order valence-electron chi connectivity index (χ2n) is 14.9. The molecule has 3 heterocycles. The van der Waals surface area contributed by atoms with Crippen LogP contribution in [-0.2, 0) is 34.8 Å².